The molecule has 3 rings (SSSR count). The van der Waals surface area contributed by atoms with Crippen molar-refractivity contribution in [2.45, 2.75) is 13.8 Å². The minimum atomic E-state index is -0.221. The second-order valence-corrected chi connectivity index (χ2v) is 4.44. The van der Waals surface area contributed by atoms with E-state index in [2.05, 4.69) is 9.38 Å². The van der Waals surface area contributed by atoms with Gasteiger partial charge in [0.15, 0.2) is 0 Å². The molecule has 0 spiro atoms. The molecule has 2 heterocycles. The van der Waals surface area contributed by atoms with Gasteiger partial charge in [-0.1, -0.05) is 6.07 Å². The van der Waals surface area contributed by atoms with Gasteiger partial charge in [0.2, 0.25) is 0 Å². The van der Waals surface area contributed by atoms with E-state index in [4.69, 9.17) is 0 Å². The maximum Gasteiger partial charge on any atom is 0.140 e. The van der Waals surface area contributed by atoms with Crippen LogP contribution in [0.15, 0.2) is 42.6 Å². The Kier molecular flexibility index (Phi) is 2.40. The fraction of sp³-hybridized carbons (Fsp3) is 0.133. The molecule has 0 amide bonds. The van der Waals surface area contributed by atoms with Crippen LogP contribution in [0.25, 0.3) is 16.9 Å². The van der Waals surface area contributed by atoms with E-state index in [1.165, 1.54) is 12.1 Å². The molecule has 0 aliphatic carbocycles. The van der Waals surface area contributed by atoms with Gasteiger partial charge in [0, 0.05) is 11.8 Å². The summed E-state index contributed by atoms with van der Waals surface area (Å²) >= 11 is 0. The zero-order valence-corrected chi connectivity index (χ0v) is 10.3. The van der Waals surface area contributed by atoms with Crippen LogP contribution in [0.5, 0.6) is 0 Å². The molecule has 0 bridgehead atoms. The molecular weight excluding hydrogens is 227 g/mol. The van der Waals surface area contributed by atoms with E-state index in [1.807, 2.05) is 32.2 Å². The lowest BCUT2D eigenvalue weighted by Gasteiger charge is -2.04. The number of halogens is 1. The summed E-state index contributed by atoms with van der Waals surface area (Å²) in [6.07, 6.45) is 1.99. The number of pyridine rings is 1. The molecule has 18 heavy (non-hydrogen) atoms. The van der Waals surface area contributed by atoms with Gasteiger partial charge in [-0.05, 0) is 49.7 Å². The number of aromatic nitrogens is 2. The summed E-state index contributed by atoms with van der Waals surface area (Å²) in [4.78, 5) is 4.58. The first-order chi connectivity index (χ1) is 8.66. The molecule has 0 atom stereocenters. The summed E-state index contributed by atoms with van der Waals surface area (Å²) in [5.74, 6) is -0.221. The van der Waals surface area contributed by atoms with Crippen molar-refractivity contribution in [2.24, 2.45) is 0 Å². The highest BCUT2D eigenvalue weighted by Gasteiger charge is 2.11. The van der Waals surface area contributed by atoms with Crippen LogP contribution in [-0.2, 0) is 0 Å². The van der Waals surface area contributed by atoms with Crippen LogP contribution >= 0.6 is 0 Å². The molecule has 0 saturated carbocycles. The Balaban J connectivity index is 2.32. The second-order valence-electron chi connectivity index (χ2n) is 4.44. The molecule has 0 aliphatic rings. The van der Waals surface area contributed by atoms with Crippen molar-refractivity contribution in [1.82, 2.24) is 9.38 Å². The Morgan fingerprint density at radius 2 is 1.78 bits per heavy atom. The van der Waals surface area contributed by atoms with Crippen molar-refractivity contribution in [2.75, 3.05) is 0 Å². The van der Waals surface area contributed by atoms with Crippen molar-refractivity contribution in [3.05, 3.63) is 59.7 Å². The number of hydrogen-bond donors (Lipinski definition) is 0. The Labute approximate surface area is 105 Å². The Morgan fingerprint density at radius 1 is 1.06 bits per heavy atom. The number of aryl methyl sites for hydroxylation is 2. The quantitative estimate of drug-likeness (QED) is 0.633. The first kappa shape index (κ1) is 11.0. The Morgan fingerprint density at radius 3 is 2.50 bits per heavy atom. The van der Waals surface area contributed by atoms with Gasteiger partial charge in [-0.3, -0.25) is 4.40 Å². The normalized spacial score (nSPS) is 11.1. The molecule has 90 valence electrons. The van der Waals surface area contributed by atoms with Gasteiger partial charge in [0.05, 0.1) is 11.4 Å². The number of hydrogen-bond acceptors (Lipinski definition) is 1. The summed E-state index contributed by atoms with van der Waals surface area (Å²) in [5, 5.41) is 0. The fourth-order valence-corrected chi connectivity index (χ4v) is 2.27. The highest BCUT2D eigenvalue weighted by atomic mass is 19.1. The smallest absolute Gasteiger partial charge is 0.140 e. The molecule has 0 fully saturated rings. The molecule has 3 heteroatoms. The van der Waals surface area contributed by atoms with Crippen LogP contribution in [0.4, 0.5) is 4.39 Å². The van der Waals surface area contributed by atoms with Crippen molar-refractivity contribution in [3.63, 3.8) is 0 Å². The maximum atomic E-state index is 13.0. The highest BCUT2D eigenvalue weighted by molar-refractivity contribution is 5.68. The Bertz CT molecular complexity index is 711. The highest BCUT2D eigenvalue weighted by Crippen LogP contribution is 2.25. The predicted octanol–water partition coefficient (Wildman–Crippen LogP) is 3.76. The SMILES string of the molecule is Cc1nc2c(C)cccn2c1-c1ccc(F)cc1. The van der Waals surface area contributed by atoms with E-state index < -0.39 is 0 Å². The van der Waals surface area contributed by atoms with E-state index in [9.17, 15) is 4.39 Å². The van der Waals surface area contributed by atoms with Crippen LogP contribution in [-0.4, -0.2) is 9.38 Å². The standard InChI is InChI=1S/C15H13FN2/c1-10-4-3-9-18-14(11(2)17-15(10)18)12-5-7-13(16)8-6-12/h3-9H,1-2H3. The largest absolute Gasteiger partial charge is 0.299 e. The third-order valence-electron chi connectivity index (χ3n) is 3.14. The van der Waals surface area contributed by atoms with E-state index in [0.717, 1.165) is 28.2 Å². The summed E-state index contributed by atoms with van der Waals surface area (Å²) < 4.78 is 15.0. The summed E-state index contributed by atoms with van der Waals surface area (Å²) in [6.45, 7) is 4.02. The van der Waals surface area contributed by atoms with E-state index >= 15 is 0 Å². The van der Waals surface area contributed by atoms with Gasteiger partial charge in [-0.2, -0.15) is 0 Å². The zero-order chi connectivity index (χ0) is 12.7. The van der Waals surface area contributed by atoms with Gasteiger partial charge in [0.1, 0.15) is 11.5 Å². The van der Waals surface area contributed by atoms with Crippen molar-refractivity contribution >= 4 is 5.65 Å². The van der Waals surface area contributed by atoms with Crippen LogP contribution in [0.3, 0.4) is 0 Å². The monoisotopic (exact) mass is 240 g/mol. The minimum Gasteiger partial charge on any atom is -0.299 e. The molecule has 2 nitrogen and oxygen atoms in total. The average Bonchev–Trinajstić information content (AvgIpc) is 2.69. The average molecular weight is 240 g/mol. The number of imidazole rings is 1. The zero-order valence-electron chi connectivity index (χ0n) is 10.3. The molecule has 0 N–H and O–H groups in total. The Hall–Kier alpha value is -2.16. The molecule has 2 aromatic heterocycles. The van der Waals surface area contributed by atoms with Gasteiger partial charge in [-0.25, -0.2) is 9.37 Å². The maximum absolute atomic E-state index is 13.0. The molecule has 0 saturated heterocycles. The van der Waals surface area contributed by atoms with E-state index in [1.54, 1.807) is 12.1 Å². The number of fused-ring (bicyclic) bond motifs is 1. The van der Waals surface area contributed by atoms with Crippen molar-refractivity contribution in [3.8, 4) is 11.3 Å². The summed E-state index contributed by atoms with van der Waals surface area (Å²) in [5.41, 5.74) is 5.04. The molecule has 0 unspecified atom stereocenters. The molecule has 3 aromatic rings. The lowest BCUT2D eigenvalue weighted by molar-refractivity contribution is 0.628. The van der Waals surface area contributed by atoms with Gasteiger partial charge >= 0.3 is 0 Å². The lowest BCUT2D eigenvalue weighted by Crippen LogP contribution is -1.90. The van der Waals surface area contributed by atoms with Crippen LogP contribution in [0, 0.1) is 19.7 Å². The second kappa shape index (κ2) is 3.95. The molecular formula is C15H13FN2. The van der Waals surface area contributed by atoms with Crippen LogP contribution in [0.2, 0.25) is 0 Å². The van der Waals surface area contributed by atoms with Gasteiger partial charge in [-0.15, -0.1) is 0 Å². The van der Waals surface area contributed by atoms with Crippen LogP contribution < -0.4 is 0 Å². The lowest BCUT2D eigenvalue weighted by atomic mass is 10.1. The van der Waals surface area contributed by atoms with Crippen molar-refractivity contribution in [1.29, 1.82) is 0 Å². The first-order valence-electron chi connectivity index (χ1n) is 5.87. The predicted molar refractivity (Wildman–Crippen MR) is 70.1 cm³/mol. The van der Waals surface area contributed by atoms with Gasteiger partial charge < -0.3 is 0 Å². The third kappa shape index (κ3) is 1.59. The summed E-state index contributed by atoms with van der Waals surface area (Å²) in [7, 11) is 0. The number of nitrogens with zero attached hydrogens (tertiary/aromatic N) is 2. The van der Waals surface area contributed by atoms with Crippen LogP contribution in [0.1, 0.15) is 11.3 Å². The van der Waals surface area contributed by atoms with Crippen molar-refractivity contribution < 1.29 is 4.39 Å². The molecule has 1 aromatic carbocycles. The first-order valence-corrected chi connectivity index (χ1v) is 5.87. The molecule has 0 radical (unpaired) electrons. The minimum absolute atomic E-state index is 0.221. The number of rotatable bonds is 1. The number of benzene rings is 1. The topological polar surface area (TPSA) is 17.3 Å². The van der Waals surface area contributed by atoms with Gasteiger partial charge in [0.25, 0.3) is 0 Å². The fourth-order valence-electron chi connectivity index (χ4n) is 2.27. The van der Waals surface area contributed by atoms with E-state index in [-0.39, 0.29) is 5.82 Å². The molecule has 0 aliphatic heterocycles. The summed E-state index contributed by atoms with van der Waals surface area (Å²) in [6, 6.07) is 10.6. The van der Waals surface area contributed by atoms with E-state index in [0.29, 0.717) is 0 Å². The third-order valence-corrected chi connectivity index (χ3v) is 3.14.